The predicted octanol–water partition coefficient (Wildman–Crippen LogP) is 1.44. The lowest BCUT2D eigenvalue weighted by atomic mass is 9.95. The average Bonchev–Trinajstić information content (AvgIpc) is 2.17. The van der Waals surface area contributed by atoms with Gasteiger partial charge in [0.15, 0.2) is 0 Å². The normalized spacial score (nSPS) is 18.2. The molecule has 0 spiro atoms. The molecule has 0 aliphatic carbocycles. The molecular weight excluding hydrogens is 168 g/mol. The molecule has 3 atom stereocenters. The van der Waals surface area contributed by atoms with Gasteiger partial charge in [-0.3, -0.25) is 0 Å². The van der Waals surface area contributed by atoms with E-state index in [0.29, 0.717) is 12.3 Å². The first-order valence-electron chi connectivity index (χ1n) is 4.87. The van der Waals surface area contributed by atoms with Gasteiger partial charge in [-0.1, -0.05) is 20.3 Å². The third kappa shape index (κ3) is 4.07. The Balaban J connectivity index is 4.15. The molecule has 1 N–H and O–H groups in total. The van der Waals surface area contributed by atoms with Crippen molar-refractivity contribution in [1.29, 1.82) is 0 Å². The predicted molar refractivity (Wildman–Crippen MR) is 52.8 cm³/mol. The number of rotatable bonds is 7. The Bertz CT molecular complexity index is 117. The minimum Gasteiger partial charge on any atom is -0.396 e. The Kier molecular flexibility index (Phi) is 7.23. The molecule has 3 unspecified atom stereocenters. The minimum absolute atomic E-state index is 0.00458. The highest BCUT2D eigenvalue weighted by molar-refractivity contribution is 4.74. The van der Waals surface area contributed by atoms with Crippen molar-refractivity contribution < 1.29 is 14.6 Å². The molecule has 0 saturated carbocycles. The van der Waals surface area contributed by atoms with Gasteiger partial charge in [0.05, 0.1) is 12.2 Å². The number of hydrogen-bond donors (Lipinski definition) is 1. The lowest BCUT2D eigenvalue weighted by molar-refractivity contribution is -0.0698. The van der Waals surface area contributed by atoms with Gasteiger partial charge in [-0.05, 0) is 12.3 Å². The summed E-state index contributed by atoms with van der Waals surface area (Å²) in [5.74, 6) is 0.460. The van der Waals surface area contributed by atoms with E-state index >= 15 is 0 Å². The molecular formula is C10H22O3. The quantitative estimate of drug-likeness (QED) is 0.660. The van der Waals surface area contributed by atoms with Crippen molar-refractivity contribution in [3.8, 4) is 0 Å². The lowest BCUT2D eigenvalue weighted by Gasteiger charge is -2.28. The van der Waals surface area contributed by atoms with Crippen molar-refractivity contribution >= 4 is 0 Å². The Morgan fingerprint density at radius 2 is 1.85 bits per heavy atom. The van der Waals surface area contributed by atoms with Crippen molar-refractivity contribution in [1.82, 2.24) is 0 Å². The summed E-state index contributed by atoms with van der Waals surface area (Å²) in [5, 5.41) is 8.83. The molecule has 0 bridgehead atoms. The van der Waals surface area contributed by atoms with Crippen LogP contribution in [0.3, 0.4) is 0 Å². The zero-order valence-electron chi connectivity index (χ0n) is 9.12. The van der Waals surface area contributed by atoms with Crippen LogP contribution >= 0.6 is 0 Å². The van der Waals surface area contributed by atoms with Crippen LogP contribution in [-0.4, -0.2) is 38.1 Å². The van der Waals surface area contributed by atoms with Gasteiger partial charge in [0.2, 0.25) is 0 Å². The van der Waals surface area contributed by atoms with Crippen LogP contribution in [-0.2, 0) is 9.47 Å². The monoisotopic (exact) mass is 190 g/mol. The third-order valence-electron chi connectivity index (χ3n) is 2.56. The maximum Gasteiger partial charge on any atom is 0.0858 e. The molecule has 0 saturated heterocycles. The molecule has 13 heavy (non-hydrogen) atoms. The van der Waals surface area contributed by atoms with Gasteiger partial charge < -0.3 is 14.6 Å². The van der Waals surface area contributed by atoms with Crippen LogP contribution in [0.15, 0.2) is 0 Å². The minimum atomic E-state index is 0.00458. The third-order valence-corrected chi connectivity index (χ3v) is 2.56. The molecule has 0 heterocycles. The second-order valence-electron chi connectivity index (χ2n) is 3.37. The first-order valence-corrected chi connectivity index (χ1v) is 4.87. The maximum atomic E-state index is 8.83. The van der Waals surface area contributed by atoms with E-state index in [1.165, 1.54) is 0 Å². The van der Waals surface area contributed by atoms with Crippen LogP contribution in [0.1, 0.15) is 26.7 Å². The molecule has 0 amide bonds. The van der Waals surface area contributed by atoms with Crippen LogP contribution < -0.4 is 0 Å². The molecule has 0 aliphatic rings. The summed E-state index contributed by atoms with van der Waals surface area (Å²) in [7, 11) is 3.36. The zero-order valence-corrected chi connectivity index (χ0v) is 9.12. The van der Waals surface area contributed by atoms with Gasteiger partial charge in [0.1, 0.15) is 0 Å². The Hall–Kier alpha value is -0.120. The zero-order chi connectivity index (χ0) is 10.3. The molecule has 80 valence electrons. The van der Waals surface area contributed by atoms with E-state index in [4.69, 9.17) is 14.6 Å². The Morgan fingerprint density at radius 3 is 2.15 bits per heavy atom. The largest absolute Gasteiger partial charge is 0.396 e. The number of methoxy groups -OCH3 is 2. The van der Waals surface area contributed by atoms with E-state index in [2.05, 4.69) is 13.8 Å². The number of aliphatic hydroxyl groups excluding tert-OH is 1. The molecule has 0 aromatic rings. The highest BCUT2D eigenvalue weighted by atomic mass is 16.5. The van der Waals surface area contributed by atoms with Crippen LogP contribution in [0.5, 0.6) is 0 Å². The molecule has 0 fully saturated rings. The molecule has 0 aliphatic heterocycles. The van der Waals surface area contributed by atoms with E-state index < -0.39 is 0 Å². The van der Waals surface area contributed by atoms with Crippen molar-refractivity contribution in [2.45, 2.75) is 38.9 Å². The van der Waals surface area contributed by atoms with Crippen molar-refractivity contribution in [2.75, 3.05) is 20.8 Å². The van der Waals surface area contributed by atoms with E-state index in [1.807, 2.05) is 0 Å². The summed E-state index contributed by atoms with van der Waals surface area (Å²) >= 11 is 0. The highest BCUT2D eigenvalue weighted by Crippen LogP contribution is 2.18. The van der Waals surface area contributed by atoms with Crippen LogP contribution in [0.25, 0.3) is 0 Å². The summed E-state index contributed by atoms with van der Waals surface area (Å²) in [5.41, 5.74) is 0. The summed E-state index contributed by atoms with van der Waals surface area (Å²) in [6.07, 6.45) is 1.79. The fourth-order valence-electron chi connectivity index (χ4n) is 1.53. The van der Waals surface area contributed by atoms with Gasteiger partial charge in [-0.15, -0.1) is 0 Å². The topological polar surface area (TPSA) is 38.7 Å². The first kappa shape index (κ1) is 12.9. The number of hydrogen-bond acceptors (Lipinski definition) is 3. The van der Waals surface area contributed by atoms with Crippen molar-refractivity contribution in [3.63, 3.8) is 0 Å². The van der Waals surface area contributed by atoms with Crippen LogP contribution in [0, 0.1) is 5.92 Å². The van der Waals surface area contributed by atoms with Crippen molar-refractivity contribution in [3.05, 3.63) is 0 Å². The lowest BCUT2D eigenvalue weighted by Crippen LogP contribution is -2.36. The second kappa shape index (κ2) is 7.30. The highest BCUT2D eigenvalue weighted by Gasteiger charge is 2.25. The molecule has 0 aromatic heterocycles. The number of ether oxygens (including phenoxy) is 2. The average molecular weight is 190 g/mol. The Morgan fingerprint density at radius 1 is 1.23 bits per heavy atom. The van der Waals surface area contributed by atoms with Gasteiger partial charge in [-0.25, -0.2) is 0 Å². The fourth-order valence-corrected chi connectivity index (χ4v) is 1.53. The van der Waals surface area contributed by atoms with Crippen LogP contribution in [0.4, 0.5) is 0 Å². The molecule has 3 nitrogen and oxygen atoms in total. The van der Waals surface area contributed by atoms with E-state index in [9.17, 15) is 0 Å². The summed E-state index contributed by atoms with van der Waals surface area (Å²) in [6.45, 7) is 4.41. The SMILES string of the molecule is CCC(C)C(OC)C(CCO)OC. The molecule has 0 rings (SSSR count). The van der Waals surface area contributed by atoms with Gasteiger partial charge in [0.25, 0.3) is 0 Å². The van der Waals surface area contributed by atoms with E-state index in [0.717, 1.165) is 6.42 Å². The van der Waals surface area contributed by atoms with E-state index in [1.54, 1.807) is 14.2 Å². The summed E-state index contributed by atoms with van der Waals surface area (Å²) in [6, 6.07) is 0. The Labute approximate surface area is 81.0 Å². The maximum absolute atomic E-state index is 8.83. The molecule has 0 radical (unpaired) electrons. The second-order valence-corrected chi connectivity index (χ2v) is 3.37. The molecule has 0 aromatic carbocycles. The van der Waals surface area contributed by atoms with Crippen molar-refractivity contribution in [2.24, 2.45) is 5.92 Å². The summed E-state index contributed by atoms with van der Waals surface area (Å²) < 4.78 is 10.7. The van der Waals surface area contributed by atoms with Crippen LogP contribution in [0.2, 0.25) is 0 Å². The van der Waals surface area contributed by atoms with Gasteiger partial charge in [0, 0.05) is 20.8 Å². The standard InChI is InChI=1S/C10H22O3/c1-5-8(2)10(13-4)9(12-3)6-7-11/h8-11H,5-7H2,1-4H3. The molecule has 3 heteroatoms. The summed E-state index contributed by atoms with van der Waals surface area (Å²) in [4.78, 5) is 0. The first-order chi connectivity index (χ1) is 6.21. The van der Waals surface area contributed by atoms with E-state index in [-0.39, 0.29) is 18.8 Å². The van der Waals surface area contributed by atoms with Gasteiger partial charge >= 0.3 is 0 Å². The van der Waals surface area contributed by atoms with Gasteiger partial charge in [-0.2, -0.15) is 0 Å². The number of aliphatic hydroxyl groups is 1. The smallest absolute Gasteiger partial charge is 0.0858 e. The fraction of sp³-hybridized carbons (Fsp3) is 1.00.